The number of thiophene rings is 1. The Hall–Kier alpha value is -2.14. The van der Waals surface area contributed by atoms with Crippen molar-refractivity contribution in [3.63, 3.8) is 0 Å². The van der Waals surface area contributed by atoms with E-state index < -0.39 is 12.1 Å². The summed E-state index contributed by atoms with van der Waals surface area (Å²) in [5.74, 6) is 0. The molecule has 0 aliphatic carbocycles. The molecular weight excluding hydrogens is 262 g/mol. The number of carbonyl (C=O) groups excluding carboxylic acids is 2. The second kappa shape index (κ2) is 6.70. The summed E-state index contributed by atoms with van der Waals surface area (Å²) < 4.78 is 5.05. The molecule has 1 aromatic carbocycles. The molecule has 1 amide bonds. The van der Waals surface area contributed by atoms with Crippen LogP contribution in [0.5, 0.6) is 0 Å². The number of hydrogen-bond acceptors (Lipinski definition) is 4. The topological polar surface area (TPSA) is 55.4 Å². The van der Waals surface area contributed by atoms with Crippen molar-refractivity contribution in [2.24, 2.45) is 0 Å². The molecule has 5 heteroatoms. The van der Waals surface area contributed by atoms with Gasteiger partial charge in [-0.2, -0.15) is 11.3 Å². The molecule has 4 nitrogen and oxygen atoms in total. The molecule has 0 spiro atoms. The highest BCUT2D eigenvalue weighted by Gasteiger charge is 2.14. The maximum Gasteiger partial charge on any atom is 0.408 e. The lowest BCUT2D eigenvalue weighted by atomic mass is 10.2. The fraction of sp³-hybridized carbons (Fsp3) is 0.143. The molecule has 0 aliphatic rings. The fourth-order valence-corrected chi connectivity index (χ4v) is 2.24. The molecule has 2 rings (SSSR count). The lowest BCUT2D eigenvalue weighted by molar-refractivity contribution is -0.109. The van der Waals surface area contributed by atoms with Gasteiger partial charge in [-0.15, -0.1) is 0 Å². The van der Waals surface area contributed by atoms with Gasteiger partial charge in [0.25, 0.3) is 0 Å². The van der Waals surface area contributed by atoms with Gasteiger partial charge in [-0.1, -0.05) is 30.3 Å². The second-order valence-corrected chi connectivity index (χ2v) is 4.66. The van der Waals surface area contributed by atoms with Crippen molar-refractivity contribution in [3.05, 3.63) is 58.3 Å². The molecule has 0 saturated carbocycles. The Morgan fingerprint density at radius 2 is 2.11 bits per heavy atom. The van der Waals surface area contributed by atoms with Crippen LogP contribution in [-0.4, -0.2) is 12.4 Å². The monoisotopic (exact) mass is 275 g/mol. The van der Waals surface area contributed by atoms with Crippen LogP contribution >= 0.6 is 11.3 Å². The standard InChI is InChI=1S/C14H13NO3S/c16-8-13(12-6-7-19-10-12)15-14(17)18-9-11-4-2-1-3-5-11/h1-8,10,13H,9H2,(H,15,17). The van der Waals surface area contributed by atoms with Crippen LogP contribution in [0.2, 0.25) is 0 Å². The van der Waals surface area contributed by atoms with Crippen molar-refractivity contribution in [3.8, 4) is 0 Å². The molecule has 0 radical (unpaired) electrons. The Kier molecular flexibility index (Phi) is 4.69. The highest BCUT2D eigenvalue weighted by atomic mass is 32.1. The van der Waals surface area contributed by atoms with Crippen LogP contribution in [-0.2, 0) is 16.1 Å². The summed E-state index contributed by atoms with van der Waals surface area (Å²) in [5, 5.41) is 6.18. The summed E-state index contributed by atoms with van der Waals surface area (Å²) in [6.07, 6.45) is 0.0819. The maximum absolute atomic E-state index is 11.6. The van der Waals surface area contributed by atoms with Crippen molar-refractivity contribution < 1.29 is 14.3 Å². The highest BCUT2D eigenvalue weighted by molar-refractivity contribution is 7.08. The van der Waals surface area contributed by atoms with Crippen LogP contribution < -0.4 is 5.32 Å². The largest absolute Gasteiger partial charge is 0.445 e. The van der Waals surface area contributed by atoms with E-state index in [-0.39, 0.29) is 6.61 Å². The first-order chi connectivity index (χ1) is 9.29. The van der Waals surface area contributed by atoms with Gasteiger partial charge in [0, 0.05) is 0 Å². The van der Waals surface area contributed by atoms with Crippen molar-refractivity contribution in [2.75, 3.05) is 0 Å². The third-order valence-electron chi connectivity index (χ3n) is 2.52. The summed E-state index contributed by atoms with van der Waals surface area (Å²) >= 11 is 1.47. The van der Waals surface area contributed by atoms with Crippen LogP contribution in [0.4, 0.5) is 4.79 Å². The second-order valence-electron chi connectivity index (χ2n) is 3.88. The van der Waals surface area contributed by atoms with Crippen molar-refractivity contribution in [2.45, 2.75) is 12.6 Å². The maximum atomic E-state index is 11.6. The zero-order valence-corrected chi connectivity index (χ0v) is 10.9. The van der Waals surface area contributed by atoms with E-state index in [4.69, 9.17) is 4.74 Å². The number of alkyl carbamates (subject to hydrolysis) is 1. The average Bonchev–Trinajstić information content (AvgIpc) is 2.97. The van der Waals surface area contributed by atoms with Gasteiger partial charge in [-0.3, -0.25) is 0 Å². The lowest BCUT2D eigenvalue weighted by Crippen LogP contribution is -2.29. The number of aldehydes is 1. The van der Waals surface area contributed by atoms with Gasteiger partial charge < -0.3 is 14.8 Å². The van der Waals surface area contributed by atoms with Gasteiger partial charge >= 0.3 is 6.09 Å². The van der Waals surface area contributed by atoms with E-state index in [1.54, 1.807) is 6.07 Å². The third kappa shape index (κ3) is 3.93. The molecule has 0 aliphatic heterocycles. The number of benzene rings is 1. The SMILES string of the molecule is O=CC(NC(=O)OCc1ccccc1)c1ccsc1. The van der Waals surface area contributed by atoms with E-state index in [0.717, 1.165) is 11.1 Å². The van der Waals surface area contributed by atoms with Crippen LogP contribution in [0.1, 0.15) is 17.2 Å². The minimum absolute atomic E-state index is 0.182. The quantitative estimate of drug-likeness (QED) is 0.854. The number of amides is 1. The fourth-order valence-electron chi connectivity index (χ4n) is 1.54. The molecule has 98 valence electrons. The van der Waals surface area contributed by atoms with E-state index in [9.17, 15) is 9.59 Å². The van der Waals surface area contributed by atoms with E-state index in [0.29, 0.717) is 6.29 Å². The molecular formula is C14H13NO3S. The Morgan fingerprint density at radius 1 is 1.32 bits per heavy atom. The highest BCUT2D eigenvalue weighted by Crippen LogP contribution is 2.14. The molecule has 19 heavy (non-hydrogen) atoms. The summed E-state index contributed by atoms with van der Waals surface area (Å²) in [6.45, 7) is 0.182. The minimum atomic E-state index is -0.658. The van der Waals surface area contributed by atoms with Gasteiger partial charge in [-0.25, -0.2) is 4.79 Å². The molecule has 2 aromatic rings. The predicted octanol–water partition coefficient (Wildman–Crippen LogP) is 2.91. The van der Waals surface area contributed by atoms with E-state index in [1.807, 2.05) is 41.1 Å². The first-order valence-corrected chi connectivity index (χ1v) is 6.68. The summed E-state index contributed by atoms with van der Waals surface area (Å²) in [4.78, 5) is 22.5. The molecule has 0 fully saturated rings. The first kappa shape index (κ1) is 13.3. The smallest absolute Gasteiger partial charge is 0.408 e. The van der Waals surface area contributed by atoms with Gasteiger partial charge in [0.1, 0.15) is 18.9 Å². The molecule has 1 N–H and O–H groups in total. The number of ether oxygens (including phenoxy) is 1. The third-order valence-corrected chi connectivity index (χ3v) is 3.23. The summed E-state index contributed by atoms with van der Waals surface area (Å²) in [5.41, 5.74) is 1.66. The van der Waals surface area contributed by atoms with Crippen LogP contribution in [0.15, 0.2) is 47.2 Å². The predicted molar refractivity (Wildman–Crippen MR) is 72.9 cm³/mol. The van der Waals surface area contributed by atoms with E-state index >= 15 is 0 Å². The first-order valence-electron chi connectivity index (χ1n) is 5.74. The zero-order valence-electron chi connectivity index (χ0n) is 10.1. The van der Waals surface area contributed by atoms with Gasteiger partial charge in [0.05, 0.1) is 0 Å². The molecule has 1 unspecified atom stereocenters. The van der Waals surface area contributed by atoms with Gasteiger partial charge in [0.15, 0.2) is 0 Å². The van der Waals surface area contributed by atoms with E-state index in [2.05, 4.69) is 5.32 Å². The minimum Gasteiger partial charge on any atom is -0.445 e. The van der Waals surface area contributed by atoms with Crippen LogP contribution in [0, 0.1) is 0 Å². The number of carbonyl (C=O) groups is 2. The van der Waals surface area contributed by atoms with Crippen molar-refractivity contribution in [1.29, 1.82) is 0 Å². The average molecular weight is 275 g/mol. The molecule has 1 atom stereocenters. The number of nitrogens with one attached hydrogen (secondary N) is 1. The molecule has 1 aromatic heterocycles. The normalized spacial score (nSPS) is 11.6. The molecule has 1 heterocycles. The summed E-state index contributed by atoms with van der Waals surface area (Å²) in [6, 6.07) is 10.5. The Labute approximate surface area is 115 Å². The Bertz CT molecular complexity index is 525. The van der Waals surface area contributed by atoms with Crippen LogP contribution in [0.25, 0.3) is 0 Å². The van der Waals surface area contributed by atoms with Crippen LogP contribution in [0.3, 0.4) is 0 Å². The Balaban J connectivity index is 1.85. The molecule has 0 saturated heterocycles. The number of rotatable bonds is 5. The van der Waals surface area contributed by atoms with E-state index in [1.165, 1.54) is 11.3 Å². The Morgan fingerprint density at radius 3 is 2.74 bits per heavy atom. The lowest BCUT2D eigenvalue weighted by Gasteiger charge is -2.11. The van der Waals surface area contributed by atoms with Crippen molar-refractivity contribution in [1.82, 2.24) is 5.32 Å². The number of hydrogen-bond donors (Lipinski definition) is 1. The van der Waals surface area contributed by atoms with Gasteiger partial charge in [0.2, 0.25) is 0 Å². The van der Waals surface area contributed by atoms with Gasteiger partial charge in [-0.05, 0) is 28.0 Å². The molecule has 0 bridgehead atoms. The van der Waals surface area contributed by atoms with Crippen molar-refractivity contribution >= 4 is 23.7 Å². The zero-order chi connectivity index (χ0) is 13.5. The summed E-state index contributed by atoms with van der Waals surface area (Å²) in [7, 11) is 0.